The Labute approximate surface area is 357 Å². The van der Waals surface area contributed by atoms with Crippen LogP contribution in [0.3, 0.4) is 0 Å². The minimum absolute atomic E-state index is 0.413. The number of fused-ring (bicyclic) bond motifs is 10. The second-order valence-corrected chi connectivity index (χ2v) is 17.7. The van der Waals surface area contributed by atoms with E-state index in [4.69, 9.17) is 4.42 Å². The highest BCUT2D eigenvalue weighted by Gasteiger charge is 2.27. The molecule has 61 heavy (non-hydrogen) atoms. The van der Waals surface area contributed by atoms with E-state index in [0.29, 0.717) is 5.92 Å². The number of hydrogen-bond acceptors (Lipinski definition) is 2. The predicted molar refractivity (Wildman–Crippen MR) is 263 cm³/mol. The first-order valence-corrected chi connectivity index (χ1v) is 22.1. The van der Waals surface area contributed by atoms with Crippen molar-refractivity contribution < 1.29 is 4.42 Å². The molecule has 0 radical (unpaired) electrons. The van der Waals surface area contributed by atoms with Crippen LogP contribution < -0.4 is 0 Å². The van der Waals surface area contributed by atoms with E-state index in [1.165, 1.54) is 103 Å². The van der Waals surface area contributed by atoms with E-state index >= 15 is 0 Å². The van der Waals surface area contributed by atoms with Crippen LogP contribution >= 0.6 is 11.3 Å². The minimum atomic E-state index is 0.413. The third-order valence-corrected chi connectivity index (χ3v) is 14.4. The lowest BCUT2D eigenvalue weighted by molar-refractivity contribution is 0.670. The van der Waals surface area contributed by atoms with Gasteiger partial charge in [0.25, 0.3) is 0 Å². The smallest absolute Gasteiger partial charge is 0.143 e. The van der Waals surface area contributed by atoms with Crippen LogP contribution in [0.5, 0.6) is 0 Å². The third-order valence-electron chi connectivity index (χ3n) is 13.2. The topological polar surface area (TPSA) is 13.1 Å². The minimum Gasteiger partial charge on any atom is -0.455 e. The number of allylic oxidation sites excluding steroid dienone is 1. The number of hydrogen-bond donors (Lipinski definition) is 0. The Morgan fingerprint density at radius 2 is 0.984 bits per heavy atom. The normalized spacial score (nSPS) is 14.0. The molecule has 0 fully saturated rings. The zero-order chi connectivity index (χ0) is 40.2. The van der Waals surface area contributed by atoms with Gasteiger partial charge in [-0.3, -0.25) is 0 Å². The number of thiophene rings is 1. The Morgan fingerprint density at radius 3 is 1.70 bits per heavy atom. The first kappa shape index (κ1) is 34.6. The SMILES string of the molecule is C[C@H]1C=Cc2c(c(-c3cccc4c3sc3cccc(-c5c6ccccc6c(-c6ccccc6)c6ccccc56)c34)c3ccccc3c2-c2cccc3c2oc2ccccc23)C1. The highest BCUT2D eigenvalue weighted by Crippen LogP contribution is 2.52. The summed E-state index contributed by atoms with van der Waals surface area (Å²) in [5.74, 6) is 0.413. The Balaban J connectivity index is 1.10. The molecule has 2 heterocycles. The van der Waals surface area contributed by atoms with E-state index in [1.807, 2.05) is 11.3 Å². The number of para-hydroxylation sites is 2. The number of benzene rings is 10. The zero-order valence-corrected chi connectivity index (χ0v) is 34.4. The quantitative estimate of drug-likeness (QED) is 0.162. The Morgan fingerprint density at radius 1 is 0.443 bits per heavy atom. The number of furan rings is 1. The van der Waals surface area contributed by atoms with Gasteiger partial charge >= 0.3 is 0 Å². The van der Waals surface area contributed by atoms with E-state index in [0.717, 1.165) is 33.9 Å². The molecule has 1 aliphatic rings. The molecule has 0 aliphatic heterocycles. The van der Waals surface area contributed by atoms with Crippen molar-refractivity contribution in [3.05, 3.63) is 199 Å². The molecule has 10 aromatic carbocycles. The second-order valence-electron chi connectivity index (χ2n) is 16.7. The van der Waals surface area contributed by atoms with Crippen molar-refractivity contribution in [1.29, 1.82) is 0 Å². The van der Waals surface area contributed by atoms with E-state index < -0.39 is 0 Å². The summed E-state index contributed by atoms with van der Waals surface area (Å²) in [4.78, 5) is 0. The van der Waals surface area contributed by atoms with Gasteiger partial charge in [-0.25, -0.2) is 0 Å². The van der Waals surface area contributed by atoms with Gasteiger partial charge in [0.2, 0.25) is 0 Å². The zero-order valence-electron chi connectivity index (χ0n) is 33.6. The molecule has 12 aromatic rings. The first-order valence-electron chi connectivity index (χ1n) is 21.3. The average Bonchev–Trinajstić information content (AvgIpc) is 3.90. The molecule has 2 aromatic heterocycles. The van der Waals surface area contributed by atoms with Gasteiger partial charge in [-0.1, -0.05) is 189 Å². The van der Waals surface area contributed by atoms with Crippen molar-refractivity contribution in [2.75, 3.05) is 0 Å². The van der Waals surface area contributed by atoms with Crippen molar-refractivity contribution in [3.63, 3.8) is 0 Å². The summed E-state index contributed by atoms with van der Waals surface area (Å²) in [6, 6.07) is 67.0. The van der Waals surface area contributed by atoms with Gasteiger partial charge in [0.05, 0.1) is 0 Å². The lowest BCUT2D eigenvalue weighted by Crippen LogP contribution is -2.08. The second kappa shape index (κ2) is 13.4. The molecular weight excluding hydrogens is 757 g/mol. The monoisotopic (exact) mass is 794 g/mol. The van der Waals surface area contributed by atoms with E-state index in [9.17, 15) is 0 Å². The van der Waals surface area contributed by atoms with Crippen molar-refractivity contribution in [1.82, 2.24) is 0 Å². The third kappa shape index (κ3) is 5.06. The lowest BCUT2D eigenvalue weighted by Gasteiger charge is -2.26. The van der Waals surface area contributed by atoms with E-state index in [-0.39, 0.29) is 0 Å². The summed E-state index contributed by atoms with van der Waals surface area (Å²) < 4.78 is 9.35. The maximum Gasteiger partial charge on any atom is 0.143 e. The molecule has 13 rings (SSSR count). The van der Waals surface area contributed by atoms with Gasteiger partial charge in [-0.15, -0.1) is 11.3 Å². The van der Waals surface area contributed by atoms with Crippen LogP contribution in [0.25, 0.3) is 125 Å². The lowest BCUT2D eigenvalue weighted by atomic mass is 9.78. The van der Waals surface area contributed by atoms with E-state index in [2.05, 4.69) is 201 Å². The van der Waals surface area contributed by atoms with Crippen molar-refractivity contribution >= 4 is 91.8 Å². The standard InChI is InChI=1S/C59H38OS/c1-35-32-33-44-50(34-35)56(43-24-10-9-23-42(43)55(44)47-27-13-25-45-37-18-11-12-30-51(37)60-58(45)47)48-28-14-29-49-57-46(26-15-31-52(57)61-59(48)49)54-40-21-7-5-19-38(40)53(36-16-3-2-4-17-36)39-20-6-8-22-41(39)54/h2-33,35H,34H2,1H3/t35-/m0/s1. The van der Waals surface area contributed by atoms with Gasteiger partial charge in [0.1, 0.15) is 11.2 Å². The van der Waals surface area contributed by atoms with Gasteiger partial charge in [-0.2, -0.15) is 0 Å². The van der Waals surface area contributed by atoms with Crippen LogP contribution in [-0.4, -0.2) is 0 Å². The summed E-state index contributed by atoms with van der Waals surface area (Å²) in [5, 5.41) is 12.6. The fourth-order valence-corrected chi connectivity index (χ4v) is 11.9. The molecule has 0 bridgehead atoms. The summed E-state index contributed by atoms with van der Waals surface area (Å²) >= 11 is 1.93. The summed E-state index contributed by atoms with van der Waals surface area (Å²) in [6.45, 7) is 2.35. The van der Waals surface area contributed by atoms with Gasteiger partial charge in [0.15, 0.2) is 0 Å². The Kier molecular flexibility index (Phi) is 7.58. The Bertz CT molecular complexity index is 3750. The van der Waals surface area contributed by atoms with Crippen LogP contribution in [0.1, 0.15) is 18.1 Å². The molecule has 2 heteroatoms. The molecule has 0 unspecified atom stereocenters. The molecular formula is C59H38OS. The molecule has 0 amide bonds. The average molecular weight is 795 g/mol. The maximum absolute atomic E-state index is 6.71. The largest absolute Gasteiger partial charge is 0.455 e. The summed E-state index contributed by atoms with van der Waals surface area (Å²) in [5.41, 5.74) is 14.8. The van der Waals surface area contributed by atoms with Crippen LogP contribution in [0.2, 0.25) is 0 Å². The fourth-order valence-electron chi connectivity index (χ4n) is 10.7. The predicted octanol–water partition coefficient (Wildman–Crippen LogP) is 17.3. The highest BCUT2D eigenvalue weighted by molar-refractivity contribution is 7.26. The molecule has 286 valence electrons. The molecule has 0 saturated heterocycles. The van der Waals surface area contributed by atoms with Crippen LogP contribution in [0.4, 0.5) is 0 Å². The first-order chi connectivity index (χ1) is 30.2. The van der Waals surface area contributed by atoms with Crippen LogP contribution in [0, 0.1) is 5.92 Å². The maximum atomic E-state index is 6.71. The van der Waals surface area contributed by atoms with Crippen LogP contribution in [-0.2, 0) is 6.42 Å². The highest BCUT2D eigenvalue weighted by atomic mass is 32.1. The molecule has 0 saturated carbocycles. The van der Waals surface area contributed by atoms with Crippen molar-refractivity contribution in [2.45, 2.75) is 13.3 Å². The van der Waals surface area contributed by atoms with Gasteiger partial charge in [0, 0.05) is 47.6 Å². The van der Waals surface area contributed by atoms with Crippen molar-refractivity contribution in [3.8, 4) is 44.5 Å². The molecule has 1 aliphatic carbocycles. The van der Waals surface area contributed by atoms with Gasteiger partial charge in [-0.05, 0) is 95.7 Å². The van der Waals surface area contributed by atoms with Crippen molar-refractivity contribution in [2.24, 2.45) is 5.92 Å². The number of rotatable bonds is 4. The summed E-state index contributed by atoms with van der Waals surface area (Å²) in [6.07, 6.45) is 5.76. The molecule has 1 nitrogen and oxygen atoms in total. The van der Waals surface area contributed by atoms with Crippen LogP contribution in [0.15, 0.2) is 192 Å². The fraction of sp³-hybridized carbons (Fsp3) is 0.0508. The molecule has 0 N–H and O–H groups in total. The molecule has 1 atom stereocenters. The molecule has 0 spiro atoms. The summed E-state index contributed by atoms with van der Waals surface area (Å²) in [7, 11) is 0. The van der Waals surface area contributed by atoms with Gasteiger partial charge < -0.3 is 4.42 Å². The van der Waals surface area contributed by atoms with E-state index in [1.54, 1.807) is 0 Å². The Hall–Kier alpha value is -7.26.